The van der Waals surface area contributed by atoms with Gasteiger partial charge in [-0.1, -0.05) is 0 Å². The van der Waals surface area contributed by atoms with Crippen LogP contribution in [0.3, 0.4) is 0 Å². The molecule has 102 valence electrons. The number of carboxylic acids is 1. The number of hydrogen-bond donors (Lipinski definition) is 3. The first kappa shape index (κ1) is 13.1. The molecule has 0 saturated carbocycles. The summed E-state index contributed by atoms with van der Waals surface area (Å²) in [5, 5.41) is 15.2. The van der Waals surface area contributed by atoms with Gasteiger partial charge >= 0.3 is 12.0 Å². The minimum Gasteiger partial charge on any atom is -0.480 e. The summed E-state index contributed by atoms with van der Waals surface area (Å²) in [6.45, 7) is 2.55. The molecular formula is C11H19N3O4. The number of rotatable bonds is 2. The lowest BCUT2D eigenvalue weighted by Crippen LogP contribution is -2.57. The van der Waals surface area contributed by atoms with Crippen molar-refractivity contribution in [2.75, 3.05) is 32.8 Å². The molecule has 0 radical (unpaired) electrons. The molecule has 3 N–H and O–H groups in total. The molecule has 2 saturated heterocycles. The van der Waals surface area contributed by atoms with E-state index in [-0.39, 0.29) is 18.7 Å². The zero-order valence-corrected chi connectivity index (χ0v) is 10.2. The van der Waals surface area contributed by atoms with Crippen molar-refractivity contribution in [1.82, 2.24) is 15.5 Å². The first-order chi connectivity index (χ1) is 8.68. The number of amides is 2. The van der Waals surface area contributed by atoms with Crippen LogP contribution in [-0.2, 0) is 9.53 Å². The first-order valence-electron chi connectivity index (χ1n) is 6.27. The Hall–Kier alpha value is -1.34. The number of nitrogens with zero attached hydrogens (tertiary/aromatic N) is 1. The van der Waals surface area contributed by atoms with Crippen molar-refractivity contribution in [3.8, 4) is 0 Å². The number of carboxylic acid groups (broad SMARTS) is 1. The number of hydrogen-bond acceptors (Lipinski definition) is 4. The molecule has 0 aliphatic carbocycles. The van der Waals surface area contributed by atoms with Crippen molar-refractivity contribution in [1.29, 1.82) is 0 Å². The molecule has 1 unspecified atom stereocenters. The van der Waals surface area contributed by atoms with Crippen LogP contribution in [0.1, 0.15) is 12.8 Å². The summed E-state index contributed by atoms with van der Waals surface area (Å²) in [5.74, 6) is -1.02. The van der Waals surface area contributed by atoms with E-state index in [1.807, 2.05) is 0 Å². The second-order valence-corrected chi connectivity index (χ2v) is 4.60. The van der Waals surface area contributed by atoms with E-state index in [9.17, 15) is 9.59 Å². The maximum Gasteiger partial charge on any atom is 0.328 e. The van der Waals surface area contributed by atoms with Crippen molar-refractivity contribution in [2.24, 2.45) is 0 Å². The molecular weight excluding hydrogens is 238 g/mol. The second kappa shape index (κ2) is 6.01. The van der Waals surface area contributed by atoms with Gasteiger partial charge in [0.1, 0.15) is 0 Å². The number of urea groups is 1. The minimum atomic E-state index is -1.02. The summed E-state index contributed by atoms with van der Waals surface area (Å²) in [5.41, 5.74) is 0. The minimum absolute atomic E-state index is 0.0645. The third-order valence-corrected chi connectivity index (χ3v) is 3.34. The van der Waals surface area contributed by atoms with Gasteiger partial charge in [0.15, 0.2) is 6.04 Å². The van der Waals surface area contributed by atoms with Gasteiger partial charge in [0.25, 0.3) is 0 Å². The summed E-state index contributed by atoms with van der Waals surface area (Å²) in [4.78, 5) is 24.5. The van der Waals surface area contributed by atoms with Crippen LogP contribution in [0, 0.1) is 0 Å². The summed E-state index contributed by atoms with van der Waals surface area (Å²) in [6, 6.07) is -1.03. The lowest BCUT2D eigenvalue weighted by Gasteiger charge is -2.34. The van der Waals surface area contributed by atoms with Crippen LogP contribution in [0.2, 0.25) is 0 Å². The first-order valence-corrected chi connectivity index (χ1v) is 6.27. The molecule has 2 amide bonds. The molecule has 2 aliphatic rings. The van der Waals surface area contributed by atoms with E-state index in [2.05, 4.69) is 10.6 Å². The zero-order valence-electron chi connectivity index (χ0n) is 10.2. The summed E-state index contributed by atoms with van der Waals surface area (Å²) < 4.78 is 5.10. The number of ether oxygens (including phenoxy) is 1. The Labute approximate surface area is 105 Å². The standard InChI is InChI=1S/C11H19N3O4/c15-10(16)9-7-18-6-5-14(9)11(17)13-8-1-3-12-4-2-8/h8-9,12H,1-7H2,(H,13,17)(H,15,16). The predicted octanol–water partition coefficient (Wildman–Crippen LogP) is -0.767. The quantitative estimate of drug-likeness (QED) is 0.604. The largest absolute Gasteiger partial charge is 0.480 e. The number of piperidine rings is 1. The Morgan fingerprint density at radius 3 is 2.72 bits per heavy atom. The van der Waals surface area contributed by atoms with Gasteiger partial charge in [0.05, 0.1) is 13.2 Å². The predicted molar refractivity (Wildman–Crippen MR) is 63.4 cm³/mol. The second-order valence-electron chi connectivity index (χ2n) is 4.60. The highest BCUT2D eigenvalue weighted by atomic mass is 16.5. The molecule has 1 atom stereocenters. The van der Waals surface area contributed by atoms with Gasteiger partial charge in [0.2, 0.25) is 0 Å². The fourth-order valence-electron chi connectivity index (χ4n) is 2.28. The number of carbonyl (C=O) groups excluding carboxylic acids is 1. The molecule has 7 nitrogen and oxygen atoms in total. The van der Waals surface area contributed by atoms with E-state index in [4.69, 9.17) is 9.84 Å². The Morgan fingerprint density at radius 1 is 1.33 bits per heavy atom. The van der Waals surface area contributed by atoms with Crippen molar-refractivity contribution in [2.45, 2.75) is 24.9 Å². The molecule has 7 heteroatoms. The molecule has 18 heavy (non-hydrogen) atoms. The zero-order chi connectivity index (χ0) is 13.0. The number of aliphatic carboxylic acids is 1. The third-order valence-electron chi connectivity index (χ3n) is 3.34. The highest BCUT2D eigenvalue weighted by Crippen LogP contribution is 2.09. The van der Waals surface area contributed by atoms with Gasteiger partial charge in [0, 0.05) is 12.6 Å². The molecule has 2 aliphatic heterocycles. The number of nitrogens with one attached hydrogen (secondary N) is 2. The molecule has 0 bridgehead atoms. The van der Waals surface area contributed by atoms with E-state index in [0.29, 0.717) is 13.2 Å². The molecule has 2 fully saturated rings. The maximum absolute atomic E-state index is 12.1. The van der Waals surface area contributed by atoms with Crippen molar-refractivity contribution >= 4 is 12.0 Å². The molecule has 0 spiro atoms. The van der Waals surface area contributed by atoms with Crippen LogP contribution in [-0.4, -0.2) is 66.9 Å². The molecule has 2 rings (SSSR count). The van der Waals surface area contributed by atoms with E-state index in [1.165, 1.54) is 4.90 Å². The lowest BCUT2D eigenvalue weighted by atomic mass is 10.1. The van der Waals surface area contributed by atoms with Gasteiger partial charge in [-0.2, -0.15) is 0 Å². The molecule has 0 aromatic rings. The molecule has 2 heterocycles. The van der Waals surface area contributed by atoms with Crippen LogP contribution in [0.5, 0.6) is 0 Å². The summed E-state index contributed by atoms with van der Waals surface area (Å²) in [6.07, 6.45) is 1.77. The van der Waals surface area contributed by atoms with Gasteiger partial charge in [-0.15, -0.1) is 0 Å². The van der Waals surface area contributed by atoms with Gasteiger partial charge in [-0.3, -0.25) is 0 Å². The van der Waals surface area contributed by atoms with Crippen molar-refractivity contribution < 1.29 is 19.4 Å². The van der Waals surface area contributed by atoms with E-state index in [0.717, 1.165) is 25.9 Å². The maximum atomic E-state index is 12.1. The average molecular weight is 257 g/mol. The van der Waals surface area contributed by atoms with E-state index >= 15 is 0 Å². The highest BCUT2D eigenvalue weighted by molar-refractivity contribution is 5.83. The Kier molecular flexibility index (Phi) is 4.38. The summed E-state index contributed by atoms with van der Waals surface area (Å²) in [7, 11) is 0. The number of carbonyl (C=O) groups is 2. The number of morpholine rings is 1. The summed E-state index contributed by atoms with van der Waals surface area (Å²) >= 11 is 0. The highest BCUT2D eigenvalue weighted by Gasteiger charge is 2.33. The topological polar surface area (TPSA) is 90.9 Å². The smallest absolute Gasteiger partial charge is 0.328 e. The third kappa shape index (κ3) is 3.11. The Balaban J connectivity index is 1.91. The normalized spacial score (nSPS) is 25.8. The van der Waals surface area contributed by atoms with Crippen LogP contribution in [0.4, 0.5) is 4.79 Å². The van der Waals surface area contributed by atoms with Crippen LogP contribution in [0.25, 0.3) is 0 Å². The average Bonchev–Trinajstić information content (AvgIpc) is 2.40. The van der Waals surface area contributed by atoms with Gasteiger partial charge in [-0.25, -0.2) is 9.59 Å². The fourth-order valence-corrected chi connectivity index (χ4v) is 2.28. The van der Waals surface area contributed by atoms with E-state index in [1.54, 1.807) is 0 Å². The van der Waals surface area contributed by atoms with Crippen LogP contribution >= 0.6 is 0 Å². The Morgan fingerprint density at radius 2 is 2.06 bits per heavy atom. The Bertz CT molecular complexity index is 317. The van der Waals surface area contributed by atoms with Gasteiger partial charge in [-0.05, 0) is 25.9 Å². The van der Waals surface area contributed by atoms with Crippen LogP contribution < -0.4 is 10.6 Å². The lowest BCUT2D eigenvalue weighted by molar-refractivity contribution is -0.147. The fraction of sp³-hybridized carbons (Fsp3) is 0.818. The van der Waals surface area contributed by atoms with Crippen LogP contribution in [0.15, 0.2) is 0 Å². The monoisotopic (exact) mass is 257 g/mol. The van der Waals surface area contributed by atoms with E-state index < -0.39 is 12.0 Å². The van der Waals surface area contributed by atoms with Gasteiger partial charge < -0.3 is 25.4 Å². The van der Waals surface area contributed by atoms with Crippen molar-refractivity contribution in [3.63, 3.8) is 0 Å². The molecule has 0 aromatic heterocycles. The SMILES string of the molecule is O=C(O)C1COCCN1C(=O)NC1CCNCC1. The molecule has 0 aromatic carbocycles. The van der Waals surface area contributed by atoms with Crippen molar-refractivity contribution in [3.05, 3.63) is 0 Å².